The molecule has 1 aromatic carbocycles. The SMILES string of the molecule is CCCCCCCCOc1cc(C2C=C(C)C(C)=C2)c(OCCCCCCCC)cc1C1C=C(C)C(C)=C1. The Balaban J connectivity index is 1.82. The molecular formula is C36H54O2. The van der Waals surface area contributed by atoms with E-state index in [0.717, 1.165) is 37.6 Å². The van der Waals surface area contributed by atoms with Crippen molar-refractivity contribution in [2.45, 2.75) is 130 Å². The van der Waals surface area contributed by atoms with Gasteiger partial charge in [-0.2, -0.15) is 0 Å². The lowest BCUT2D eigenvalue weighted by atomic mass is 9.92. The molecule has 0 bridgehead atoms. The quantitative estimate of drug-likeness (QED) is 0.180. The van der Waals surface area contributed by atoms with Crippen LogP contribution in [0.4, 0.5) is 0 Å². The Labute approximate surface area is 234 Å². The molecule has 0 N–H and O–H groups in total. The van der Waals surface area contributed by atoms with Crippen molar-refractivity contribution >= 4 is 0 Å². The fourth-order valence-corrected chi connectivity index (χ4v) is 5.55. The normalized spacial score (nSPS) is 15.9. The summed E-state index contributed by atoms with van der Waals surface area (Å²) in [5.74, 6) is 2.56. The molecular weight excluding hydrogens is 464 g/mol. The highest BCUT2D eigenvalue weighted by molar-refractivity contribution is 5.58. The second kappa shape index (κ2) is 16.0. The number of allylic oxidation sites excluding steroid dienone is 8. The van der Waals surface area contributed by atoms with Crippen molar-refractivity contribution in [3.05, 3.63) is 69.9 Å². The smallest absolute Gasteiger partial charge is 0.123 e. The molecule has 0 heterocycles. The Morgan fingerprint density at radius 3 is 1.13 bits per heavy atom. The first-order valence-electron chi connectivity index (χ1n) is 15.6. The van der Waals surface area contributed by atoms with Crippen LogP contribution in [0.1, 0.15) is 142 Å². The average molecular weight is 519 g/mol. The van der Waals surface area contributed by atoms with Crippen LogP contribution in [0.15, 0.2) is 58.7 Å². The van der Waals surface area contributed by atoms with E-state index in [2.05, 4.69) is 78.0 Å². The molecule has 0 atom stereocenters. The summed E-state index contributed by atoms with van der Waals surface area (Å²) in [6.07, 6.45) is 24.8. The van der Waals surface area contributed by atoms with Crippen molar-refractivity contribution in [1.82, 2.24) is 0 Å². The third kappa shape index (κ3) is 8.92. The minimum Gasteiger partial charge on any atom is -0.493 e. The van der Waals surface area contributed by atoms with Crippen molar-refractivity contribution in [1.29, 1.82) is 0 Å². The zero-order chi connectivity index (χ0) is 27.3. The van der Waals surface area contributed by atoms with Gasteiger partial charge in [-0.1, -0.05) is 125 Å². The molecule has 0 spiro atoms. The van der Waals surface area contributed by atoms with Gasteiger partial charge in [-0.05, 0) is 52.7 Å². The van der Waals surface area contributed by atoms with Crippen LogP contribution in [0.5, 0.6) is 11.5 Å². The Morgan fingerprint density at radius 2 is 0.789 bits per heavy atom. The van der Waals surface area contributed by atoms with E-state index < -0.39 is 0 Å². The van der Waals surface area contributed by atoms with Gasteiger partial charge in [0.15, 0.2) is 0 Å². The van der Waals surface area contributed by atoms with Crippen LogP contribution in [0.25, 0.3) is 0 Å². The largest absolute Gasteiger partial charge is 0.493 e. The maximum absolute atomic E-state index is 6.56. The molecule has 2 nitrogen and oxygen atoms in total. The summed E-state index contributed by atoms with van der Waals surface area (Å²) in [7, 11) is 0. The number of hydrogen-bond donors (Lipinski definition) is 0. The van der Waals surface area contributed by atoms with Crippen LogP contribution < -0.4 is 9.47 Å². The van der Waals surface area contributed by atoms with Crippen molar-refractivity contribution in [3.63, 3.8) is 0 Å². The van der Waals surface area contributed by atoms with Gasteiger partial charge in [-0.3, -0.25) is 0 Å². The van der Waals surface area contributed by atoms with Crippen molar-refractivity contribution in [2.75, 3.05) is 13.2 Å². The highest BCUT2D eigenvalue weighted by Gasteiger charge is 2.24. The van der Waals surface area contributed by atoms with Gasteiger partial charge in [0, 0.05) is 23.0 Å². The third-order valence-electron chi connectivity index (χ3n) is 8.33. The summed E-state index contributed by atoms with van der Waals surface area (Å²) in [6.45, 7) is 15.0. The summed E-state index contributed by atoms with van der Waals surface area (Å²) < 4.78 is 13.1. The van der Waals surface area contributed by atoms with Crippen molar-refractivity contribution in [2.24, 2.45) is 0 Å². The van der Waals surface area contributed by atoms with Gasteiger partial charge in [0.2, 0.25) is 0 Å². The van der Waals surface area contributed by atoms with Gasteiger partial charge < -0.3 is 9.47 Å². The molecule has 0 aliphatic heterocycles. The molecule has 0 saturated carbocycles. The number of benzene rings is 1. The van der Waals surface area contributed by atoms with Crippen LogP contribution in [-0.4, -0.2) is 13.2 Å². The first-order chi connectivity index (χ1) is 18.4. The fraction of sp³-hybridized carbons (Fsp3) is 0.611. The Morgan fingerprint density at radius 1 is 0.474 bits per heavy atom. The molecule has 38 heavy (non-hydrogen) atoms. The topological polar surface area (TPSA) is 18.5 Å². The lowest BCUT2D eigenvalue weighted by Crippen LogP contribution is -2.07. The highest BCUT2D eigenvalue weighted by Crippen LogP contribution is 2.44. The Kier molecular flexibility index (Phi) is 12.8. The van der Waals surface area contributed by atoms with Gasteiger partial charge in [0.05, 0.1) is 13.2 Å². The minimum atomic E-state index is 0.248. The maximum atomic E-state index is 6.56. The molecule has 2 aliphatic rings. The number of ether oxygens (including phenoxy) is 2. The van der Waals surface area contributed by atoms with E-state index in [4.69, 9.17) is 9.47 Å². The van der Waals surface area contributed by atoms with Crippen LogP contribution in [0.2, 0.25) is 0 Å². The van der Waals surface area contributed by atoms with Crippen LogP contribution in [0.3, 0.4) is 0 Å². The monoisotopic (exact) mass is 518 g/mol. The highest BCUT2D eigenvalue weighted by atomic mass is 16.5. The van der Waals surface area contributed by atoms with Gasteiger partial charge in [-0.15, -0.1) is 0 Å². The molecule has 0 aromatic heterocycles. The van der Waals surface area contributed by atoms with Crippen molar-refractivity contribution < 1.29 is 9.47 Å². The molecule has 0 fully saturated rings. The van der Waals surface area contributed by atoms with Gasteiger partial charge in [0.25, 0.3) is 0 Å². The molecule has 3 rings (SSSR count). The van der Waals surface area contributed by atoms with E-state index in [9.17, 15) is 0 Å². The molecule has 0 amide bonds. The average Bonchev–Trinajstić information content (AvgIpc) is 3.42. The van der Waals surface area contributed by atoms with E-state index in [0.29, 0.717) is 0 Å². The summed E-state index contributed by atoms with van der Waals surface area (Å²) in [5.41, 5.74) is 7.94. The minimum absolute atomic E-state index is 0.248. The molecule has 0 saturated heterocycles. The van der Waals surface area contributed by atoms with Gasteiger partial charge >= 0.3 is 0 Å². The first kappa shape index (κ1) is 30.3. The lowest BCUT2D eigenvalue weighted by molar-refractivity contribution is 0.291. The fourth-order valence-electron chi connectivity index (χ4n) is 5.55. The molecule has 210 valence electrons. The molecule has 0 radical (unpaired) electrons. The van der Waals surface area contributed by atoms with E-state index in [1.807, 2.05) is 0 Å². The number of unbranched alkanes of at least 4 members (excludes halogenated alkanes) is 10. The van der Waals surface area contributed by atoms with E-state index in [1.54, 1.807) is 0 Å². The Hall–Kier alpha value is -2.22. The summed E-state index contributed by atoms with van der Waals surface area (Å²) in [6, 6.07) is 4.61. The molecule has 2 aliphatic carbocycles. The zero-order valence-corrected chi connectivity index (χ0v) is 25.3. The van der Waals surface area contributed by atoms with E-state index in [1.165, 1.54) is 97.6 Å². The van der Waals surface area contributed by atoms with Crippen LogP contribution >= 0.6 is 0 Å². The summed E-state index contributed by atoms with van der Waals surface area (Å²) in [4.78, 5) is 0. The van der Waals surface area contributed by atoms with Crippen LogP contribution in [-0.2, 0) is 0 Å². The van der Waals surface area contributed by atoms with Crippen molar-refractivity contribution in [3.8, 4) is 11.5 Å². The summed E-state index contributed by atoms with van der Waals surface area (Å²) in [5, 5.41) is 0. The van der Waals surface area contributed by atoms with Crippen LogP contribution in [0, 0.1) is 0 Å². The molecule has 0 unspecified atom stereocenters. The number of hydrogen-bond acceptors (Lipinski definition) is 2. The van der Waals surface area contributed by atoms with Gasteiger partial charge in [-0.25, -0.2) is 0 Å². The van der Waals surface area contributed by atoms with E-state index in [-0.39, 0.29) is 11.8 Å². The number of rotatable bonds is 18. The molecule has 2 heteroatoms. The maximum Gasteiger partial charge on any atom is 0.123 e. The second-order valence-corrected chi connectivity index (χ2v) is 11.6. The van der Waals surface area contributed by atoms with Gasteiger partial charge in [0.1, 0.15) is 11.5 Å². The Bertz CT molecular complexity index is 889. The predicted octanol–water partition coefficient (Wildman–Crippen LogP) is 11.1. The predicted molar refractivity (Wildman–Crippen MR) is 165 cm³/mol. The summed E-state index contributed by atoms with van der Waals surface area (Å²) >= 11 is 0. The second-order valence-electron chi connectivity index (χ2n) is 11.6. The molecule has 1 aromatic rings. The zero-order valence-electron chi connectivity index (χ0n) is 25.3. The third-order valence-corrected chi connectivity index (χ3v) is 8.33. The standard InChI is InChI=1S/C36H54O2/c1-7-9-11-13-15-17-19-37-35-25-34(32-23-29(5)30(6)24-32)36(38-20-18-16-14-12-10-8-2)26-33(35)31-21-27(3)28(4)22-31/h21-26,31-32H,7-20H2,1-6H3. The van der Waals surface area contributed by atoms with E-state index >= 15 is 0 Å². The lowest BCUT2D eigenvalue weighted by Gasteiger charge is -2.21. The first-order valence-corrected chi connectivity index (χ1v) is 15.6.